The molecule has 1 amide bonds. The van der Waals surface area contributed by atoms with Crippen molar-refractivity contribution in [1.82, 2.24) is 4.31 Å². The zero-order chi connectivity index (χ0) is 21.7. The maximum absolute atomic E-state index is 12.7. The van der Waals surface area contributed by atoms with E-state index in [0.717, 1.165) is 11.1 Å². The van der Waals surface area contributed by atoms with E-state index in [9.17, 15) is 18.0 Å². The number of para-hydroxylation sites is 1. The number of sulfonamides is 1. The zero-order valence-corrected chi connectivity index (χ0v) is 17.9. The second-order valence-corrected chi connectivity index (χ2v) is 9.41. The molecule has 0 aliphatic carbocycles. The third kappa shape index (κ3) is 5.25. The van der Waals surface area contributed by atoms with E-state index in [4.69, 9.17) is 4.74 Å². The van der Waals surface area contributed by atoms with Gasteiger partial charge in [0, 0.05) is 19.0 Å². The number of aryl methyl sites for hydroxylation is 1. The van der Waals surface area contributed by atoms with Gasteiger partial charge in [-0.05, 0) is 37.5 Å². The van der Waals surface area contributed by atoms with Crippen molar-refractivity contribution in [3.8, 4) is 0 Å². The first kappa shape index (κ1) is 22.0. The molecule has 1 aliphatic heterocycles. The van der Waals surface area contributed by atoms with Gasteiger partial charge in [0.1, 0.15) is 0 Å². The number of anilines is 1. The van der Waals surface area contributed by atoms with Crippen LogP contribution in [-0.2, 0) is 25.3 Å². The smallest absolute Gasteiger partial charge is 0.339 e. The number of rotatable bonds is 6. The van der Waals surface area contributed by atoms with Crippen LogP contribution in [0.25, 0.3) is 0 Å². The average molecular weight is 431 g/mol. The van der Waals surface area contributed by atoms with Crippen molar-refractivity contribution in [3.63, 3.8) is 0 Å². The van der Waals surface area contributed by atoms with E-state index in [2.05, 4.69) is 5.32 Å². The van der Waals surface area contributed by atoms with Crippen LogP contribution in [0.15, 0.2) is 48.5 Å². The Balaban J connectivity index is 1.59. The fourth-order valence-corrected chi connectivity index (χ4v) is 5.06. The minimum atomic E-state index is -3.44. The molecule has 0 unspecified atom stereocenters. The fraction of sp³-hybridized carbons (Fsp3) is 0.364. The van der Waals surface area contributed by atoms with E-state index >= 15 is 0 Å². The van der Waals surface area contributed by atoms with Crippen LogP contribution >= 0.6 is 0 Å². The Morgan fingerprint density at radius 3 is 2.33 bits per heavy atom. The molecule has 0 saturated carbocycles. The summed E-state index contributed by atoms with van der Waals surface area (Å²) in [5.74, 6) is -1.11. The molecule has 2 aromatic carbocycles. The number of carbonyl (C=O) groups is 2. The summed E-state index contributed by atoms with van der Waals surface area (Å²) in [6, 6.07) is 14.1. The van der Waals surface area contributed by atoms with Crippen LogP contribution in [0.2, 0.25) is 0 Å². The van der Waals surface area contributed by atoms with Crippen molar-refractivity contribution in [3.05, 3.63) is 65.2 Å². The molecule has 0 aromatic heterocycles. The van der Waals surface area contributed by atoms with Crippen molar-refractivity contribution in [2.45, 2.75) is 25.5 Å². The summed E-state index contributed by atoms with van der Waals surface area (Å²) in [6.07, 6.45) is 0.860. The minimum absolute atomic E-state index is 0.0450. The van der Waals surface area contributed by atoms with Gasteiger partial charge in [-0.1, -0.05) is 42.0 Å². The SMILES string of the molecule is COC(=O)c1ccccc1NC(=O)C1CCN(S(=O)(=O)Cc2ccc(C)cc2)CC1. The van der Waals surface area contributed by atoms with Crippen molar-refractivity contribution in [2.75, 3.05) is 25.5 Å². The standard InChI is InChI=1S/C22H26N2O5S/c1-16-7-9-17(10-8-16)15-30(27,28)24-13-11-18(12-14-24)21(25)23-20-6-4-3-5-19(20)22(26)29-2/h3-10,18H,11-15H2,1-2H3,(H,23,25). The molecule has 8 heteroatoms. The second-order valence-electron chi connectivity index (χ2n) is 7.44. The quantitative estimate of drug-likeness (QED) is 0.712. The first-order chi connectivity index (χ1) is 14.3. The number of ether oxygens (including phenoxy) is 1. The number of nitrogens with zero attached hydrogens (tertiary/aromatic N) is 1. The number of carbonyl (C=O) groups excluding carboxylic acids is 2. The molecule has 30 heavy (non-hydrogen) atoms. The van der Waals surface area contributed by atoms with Crippen molar-refractivity contribution >= 4 is 27.6 Å². The Labute approximate surface area is 177 Å². The molecule has 3 rings (SSSR count). The molecule has 0 spiro atoms. The number of esters is 1. The van der Waals surface area contributed by atoms with Crippen molar-refractivity contribution in [2.24, 2.45) is 5.92 Å². The maximum atomic E-state index is 12.7. The topological polar surface area (TPSA) is 92.8 Å². The summed E-state index contributed by atoms with van der Waals surface area (Å²) in [4.78, 5) is 24.5. The first-order valence-corrected chi connectivity index (χ1v) is 11.4. The molecule has 1 aliphatic rings. The van der Waals surface area contributed by atoms with Crippen LogP contribution in [0.1, 0.15) is 34.3 Å². The highest BCUT2D eigenvalue weighted by atomic mass is 32.2. The Morgan fingerprint density at radius 2 is 1.70 bits per heavy atom. The second kappa shape index (κ2) is 9.40. The van der Waals surface area contributed by atoms with Gasteiger partial charge in [-0.3, -0.25) is 4.79 Å². The summed E-state index contributed by atoms with van der Waals surface area (Å²) in [7, 11) is -2.15. The molecule has 7 nitrogen and oxygen atoms in total. The van der Waals surface area contributed by atoms with Crippen LogP contribution in [0.3, 0.4) is 0 Å². The number of hydrogen-bond donors (Lipinski definition) is 1. The van der Waals surface area contributed by atoms with E-state index in [1.54, 1.807) is 24.3 Å². The van der Waals surface area contributed by atoms with Crippen molar-refractivity contribution < 1.29 is 22.7 Å². The summed E-state index contributed by atoms with van der Waals surface area (Å²) in [5, 5.41) is 2.79. The Hall–Kier alpha value is -2.71. The molecule has 0 bridgehead atoms. The van der Waals surface area contributed by atoms with Crippen molar-refractivity contribution in [1.29, 1.82) is 0 Å². The lowest BCUT2D eigenvalue weighted by atomic mass is 9.97. The van der Waals surface area contributed by atoms with Gasteiger partial charge in [-0.25, -0.2) is 17.5 Å². The van der Waals surface area contributed by atoms with Crippen LogP contribution in [0.5, 0.6) is 0 Å². The van der Waals surface area contributed by atoms with Gasteiger partial charge in [0.15, 0.2) is 0 Å². The van der Waals surface area contributed by atoms with Crippen LogP contribution < -0.4 is 5.32 Å². The largest absolute Gasteiger partial charge is 0.465 e. The number of amides is 1. The van der Waals surface area contributed by atoms with E-state index in [-0.39, 0.29) is 23.1 Å². The number of nitrogens with one attached hydrogen (secondary N) is 1. The average Bonchev–Trinajstić information content (AvgIpc) is 2.75. The molecule has 1 fully saturated rings. The number of benzene rings is 2. The first-order valence-electron chi connectivity index (χ1n) is 9.82. The predicted octanol–water partition coefficient (Wildman–Crippen LogP) is 2.96. The molecule has 0 atom stereocenters. The van der Waals surface area contributed by atoms with Gasteiger partial charge in [-0.15, -0.1) is 0 Å². The Kier molecular flexibility index (Phi) is 6.89. The van der Waals surface area contributed by atoms with E-state index in [1.807, 2.05) is 31.2 Å². The molecular weight excluding hydrogens is 404 g/mol. The third-order valence-corrected chi connectivity index (χ3v) is 7.13. The molecule has 1 heterocycles. The summed E-state index contributed by atoms with van der Waals surface area (Å²) in [5.41, 5.74) is 2.51. The van der Waals surface area contributed by atoms with Gasteiger partial charge in [0.05, 0.1) is 24.1 Å². The van der Waals surface area contributed by atoms with Gasteiger partial charge in [-0.2, -0.15) is 0 Å². The third-order valence-electron chi connectivity index (χ3n) is 5.28. The Bertz CT molecular complexity index is 1010. The number of methoxy groups -OCH3 is 1. The normalized spacial score (nSPS) is 15.5. The number of piperidine rings is 1. The summed E-state index contributed by atoms with van der Waals surface area (Å²) < 4.78 is 31.7. The lowest BCUT2D eigenvalue weighted by Gasteiger charge is -2.30. The van der Waals surface area contributed by atoms with E-state index in [0.29, 0.717) is 31.6 Å². The number of hydrogen-bond acceptors (Lipinski definition) is 5. The predicted molar refractivity (Wildman–Crippen MR) is 115 cm³/mol. The molecular formula is C22H26N2O5S. The molecule has 1 N–H and O–H groups in total. The summed E-state index contributed by atoms with van der Waals surface area (Å²) >= 11 is 0. The van der Waals surface area contributed by atoms with Crippen LogP contribution in [0.4, 0.5) is 5.69 Å². The zero-order valence-electron chi connectivity index (χ0n) is 17.1. The highest BCUT2D eigenvalue weighted by Gasteiger charge is 2.31. The molecule has 1 saturated heterocycles. The lowest BCUT2D eigenvalue weighted by Crippen LogP contribution is -2.42. The Morgan fingerprint density at radius 1 is 1.07 bits per heavy atom. The van der Waals surface area contributed by atoms with Gasteiger partial charge >= 0.3 is 5.97 Å². The van der Waals surface area contributed by atoms with Gasteiger partial charge in [0.2, 0.25) is 15.9 Å². The van der Waals surface area contributed by atoms with E-state index in [1.165, 1.54) is 11.4 Å². The fourth-order valence-electron chi connectivity index (χ4n) is 3.50. The van der Waals surface area contributed by atoms with E-state index < -0.39 is 16.0 Å². The summed E-state index contributed by atoms with van der Waals surface area (Å²) in [6.45, 7) is 2.55. The van der Waals surface area contributed by atoms with Gasteiger partial charge in [0.25, 0.3) is 0 Å². The van der Waals surface area contributed by atoms with Crippen LogP contribution in [-0.4, -0.2) is 44.8 Å². The van der Waals surface area contributed by atoms with Gasteiger partial charge < -0.3 is 10.1 Å². The maximum Gasteiger partial charge on any atom is 0.339 e. The lowest BCUT2D eigenvalue weighted by molar-refractivity contribution is -0.120. The minimum Gasteiger partial charge on any atom is -0.465 e. The molecule has 160 valence electrons. The highest BCUT2D eigenvalue weighted by Crippen LogP contribution is 2.24. The monoisotopic (exact) mass is 430 g/mol. The molecule has 0 radical (unpaired) electrons. The highest BCUT2D eigenvalue weighted by molar-refractivity contribution is 7.88. The molecule has 2 aromatic rings. The van der Waals surface area contributed by atoms with Crippen LogP contribution in [0, 0.1) is 12.8 Å².